The van der Waals surface area contributed by atoms with Gasteiger partial charge in [0.25, 0.3) is 0 Å². The first kappa shape index (κ1) is 11.5. The van der Waals surface area contributed by atoms with Gasteiger partial charge in [-0.15, -0.1) is 0 Å². The van der Waals surface area contributed by atoms with E-state index in [1.54, 1.807) is 0 Å². The molecule has 1 unspecified atom stereocenters. The quantitative estimate of drug-likeness (QED) is 0.790. The van der Waals surface area contributed by atoms with Gasteiger partial charge in [-0.3, -0.25) is 0 Å². The summed E-state index contributed by atoms with van der Waals surface area (Å²) in [6.45, 7) is 8.22. The van der Waals surface area contributed by atoms with Crippen LogP contribution in [0, 0.1) is 5.92 Å². The van der Waals surface area contributed by atoms with E-state index in [9.17, 15) is 0 Å². The van der Waals surface area contributed by atoms with Gasteiger partial charge in [0.05, 0.1) is 0 Å². The average molecular weight is 218 g/mol. The van der Waals surface area contributed by atoms with E-state index in [1.807, 2.05) is 6.07 Å². The molecule has 0 aromatic heterocycles. The van der Waals surface area contributed by atoms with Gasteiger partial charge in [0.15, 0.2) is 0 Å². The Bertz CT molecular complexity index is 346. The van der Waals surface area contributed by atoms with Gasteiger partial charge >= 0.3 is 0 Å². The number of likely N-dealkylation sites (tertiary alicyclic amines) is 1. The van der Waals surface area contributed by atoms with E-state index in [4.69, 9.17) is 5.73 Å². The van der Waals surface area contributed by atoms with Crippen LogP contribution in [0.4, 0.5) is 5.69 Å². The molecular formula is C14H22N2. The van der Waals surface area contributed by atoms with E-state index >= 15 is 0 Å². The number of nitrogens with two attached hydrogens (primary N) is 1. The summed E-state index contributed by atoms with van der Waals surface area (Å²) in [4.78, 5) is 2.57. The van der Waals surface area contributed by atoms with Gasteiger partial charge in [-0.25, -0.2) is 0 Å². The molecule has 1 aromatic rings. The van der Waals surface area contributed by atoms with Crippen molar-refractivity contribution in [1.82, 2.24) is 4.90 Å². The van der Waals surface area contributed by atoms with Gasteiger partial charge in [0.2, 0.25) is 0 Å². The fourth-order valence-electron chi connectivity index (χ4n) is 2.60. The minimum Gasteiger partial charge on any atom is -0.399 e. The molecule has 0 aliphatic carbocycles. The normalized spacial score (nSPS) is 21.8. The van der Waals surface area contributed by atoms with Gasteiger partial charge in [0, 0.05) is 18.8 Å². The van der Waals surface area contributed by atoms with Gasteiger partial charge in [-0.05, 0) is 42.5 Å². The third-order valence-electron chi connectivity index (χ3n) is 3.28. The molecule has 16 heavy (non-hydrogen) atoms. The molecule has 1 aliphatic heterocycles. The molecule has 1 aliphatic rings. The Morgan fingerprint density at radius 2 is 2.25 bits per heavy atom. The van der Waals surface area contributed by atoms with Crippen LogP contribution in [0.3, 0.4) is 0 Å². The fourth-order valence-corrected chi connectivity index (χ4v) is 2.60. The van der Waals surface area contributed by atoms with E-state index in [0.717, 1.165) is 11.6 Å². The Hall–Kier alpha value is -1.02. The molecule has 2 heteroatoms. The van der Waals surface area contributed by atoms with E-state index in [-0.39, 0.29) is 0 Å². The maximum absolute atomic E-state index is 5.83. The molecule has 88 valence electrons. The van der Waals surface area contributed by atoms with E-state index in [1.165, 1.54) is 31.6 Å². The molecule has 1 heterocycles. The van der Waals surface area contributed by atoms with Gasteiger partial charge < -0.3 is 10.6 Å². The van der Waals surface area contributed by atoms with Crippen molar-refractivity contribution < 1.29 is 0 Å². The van der Waals surface area contributed by atoms with E-state index < -0.39 is 0 Å². The zero-order valence-corrected chi connectivity index (χ0v) is 10.3. The SMILES string of the molecule is CC(C)CN1CCC(c2cccc(N)c2)C1. The molecule has 1 fully saturated rings. The lowest BCUT2D eigenvalue weighted by atomic mass is 9.98. The second-order valence-electron chi connectivity index (χ2n) is 5.31. The number of hydrogen-bond donors (Lipinski definition) is 1. The number of rotatable bonds is 3. The fraction of sp³-hybridized carbons (Fsp3) is 0.571. The highest BCUT2D eigenvalue weighted by molar-refractivity contribution is 5.42. The first-order chi connectivity index (χ1) is 7.65. The zero-order valence-electron chi connectivity index (χ0n) is 10.3. The van der Waals surface area contributed by atoms with Crippen molar-refractivity contribution in [2.45, 2.75) is 26.2 Å². The molecule has 0 spiro atoms. The van der Waals surface area contributed by atoms with Crippen LogP contribution in [0.2, 0.25) is 0 Å². The largest absolute Gasteiger partial charge is 0.399 e. The molecule has 1 saturated heterocycles. The van der Waals surface area contributed by atoms with Crippen molar-refractivity contribution in [1.29, 1.82) is 0 Å². The Morgan fingerprint density at radius 1 is 1.44 bits per heavy atom. The number of nitrogen functional groups attached to an aromatic ring is 1. The number of anilines is 1. The standard InChI is InChI=1S/C14H22N2/c1-11(2)9-16-7-6-13(10-16)12-4-3-5-14(15)8-12/h3-5,8,11,13H,6-7,9-10,15H2,1-2H3. The smallest absolute Gasteiger partial charge is 0.0316 e. The van der Waals surface area contributed by atoms with Crippen molar-refractivity contribution in [2.24, 2.45) is 5.92 Å². The second kappa shape index (κ2) is 4.88. The lowest BCUT2D eigenvalue weighted by molar-refractivity contribution is 0.295. The van der Waals surface area contributed by atoms with Crippen molar-refractivity contribution in [3.05, 3.63) is 29.8 Å². The molecule has 2 N–H and O–H groups in total. The minimum atomic E-state index is 0.683. The summed E-state index contributed by atoms with van der Waals surface area (Å²) in [5.74, 6) is 1.45. The molecular weight excluding hydrogens is 196 g/mol. The minimum absolute atomic E-state index is 0.683. The van der Waals surface area contributed by atoms with Crippen LogP contribution in [-0.2, 0) is 0 Å². The van der Waals surface area contributed by atoms with Crippen LogP contribution in [-0.4, -0.2) is 24.5 Å². The summed E-state index contributed by atoms with van der Waals surface area (Å²) < 4.78 is 0. The first-order valence-electron chi connectivity index (χ1n) is 6.23. The van der Waals surface area contributed by atoms with Crippen LogP contribution >= 0.6 is 0 Å². The Labute approximate surface area is 98.4 Å². The molecule has 0 saturated carbocycles. The number of nitrogens with zero attached hydrogens (tertiary/aromatic N) is 1. The number of hydrogen-bond acceptors (Lipinski definition) is 2. The number of benzene rings is 1. The highest BCUT2D eigenvalue weighted by atomic mass is 15.1. The highest BCUT2D eigenvalue weighted by Gasteiger charge is 2.23. The van der Waals surface area contributed by atoms with Crippen LogP contribution in [0.25, 0.3) is 0 Å². The predicted molar refractivity (Wildman–Crippen MR) is 69.5 cm³/mol. The summed E-state index contributed by atoms with van der Waals surface area (Å²) in [7, 11) is 0. The van der Waals surface area contributed by atoms with Crippen LogP contribution in [0.5, 0.6) is 0 Å². The predicted octanol–water partition coefficient (Wildman–Crippen LogP) is 2.71. The van der Waals surface area contributed by atoms with Crippen molar-refractivity contribution in [2.75, 3.05) is 25.4 Å². The summed E-state index contributed by atoms with van der Waals surface area (Å²) in [6.07, 6.45) is 1.27. The van der Waals surface area contributed by atoms with Gasteiger partial charge in [-0.1, -0.05) is 26.0 Å². The molecule has 1 atom stereocenters. The van der Waals surface area contributed by atoms with Crippen LogP contribution in [0.15, 0.2) is 24.3 Å². The zero-order chi connectivity index (χ0) is 11.5. The summed E-state index contributed by atoms with van der Waals surface area (Å²) in [5.41, 5.74) is 8.13. The lowest BCUT2D eigenvalue weighted by Gasteiger charge is -2.18. The van der Waals surface area contributed by atoms with E-state index in [0.29, 0.717) is 5.92 Å². The van der Waals surface area contributed by atoms with Crippen molar-refractivity contribution in [3.8, 4) is 0 Å². The highest BCUT2D eigenvalue weighted by Crippen LogP contribution is 2.28. The lowest BCUT2D eigenvalue weighted by Crippen LogP contribution is -2.24. The molecule has 0 radical (unpaired) electrons. The third-order valence-corrected chi connectivity index (χ3v) is 3.28. The first-order valence-corrected chi connectivity index (χ1v) is 6.23. The summed E-state index contributed by atoms with van der Waals surface area (Å²) >= 11 is 0. The second-order valence-corrected chi connectivity index (χ2v) is 5.31. The van der Waals surface area contributed by atoms with Crippen LogP contribution < -0.4 is 5.73 Å². The van der Waals surface area contributed by atoms with Gasteiger partial charge in [-0.2, -0.15) is 0 Å². The Morgan fingerprint density at radius 3 is 2.94 bits per heavy atom. The maximum atomic E-state index is 5.83. The molecule has 2 rings (SSSR count). The Kier molecular flexibility index (Phi) is 3.49. The summed E-state index contributed by atoms with van der Waals surface area (Å²) in [6, 6.07) is 8.36. The third kappa shape index (κ3) is 2.76. The molecule has 2 nitrogen and oxygen atoms in total. The maximum Gasteiger partial charge on any atom is 0.0316 e. The van der Waals surface area contributed by atoms with Crippen molar-refractivity contribution in [3.63, 3.8) is 0 Å². The monoisotopic (exact) mass is 218 g/mol. The van der Waals surface area contributed by atoms with Crippen molar-refractivity contribution >= 4 is 5.69 Å². The van der Waals surface area contributed by atoms with Gasteiger partial charge in [0.1, 0.15) is 0 Å². The van der Waals surface area contributed by atoms with E-state index in [2.05, 4.69) is 36.9 Å². The molecule has 1 aromatic carbocycles. The Balaban J connectivity index is 1.98. The molecule has 0 amide bonds. The molecule has 0 bridgehead atoms. The summed E-state index contributed by atoms with van der Waals surface area (Å²) in [5, 5.41) is 0. The van der Waals surface area contributed by atoms with Crippen LogP contribution in [0.1, 0.15) is 31.7 Å². The average Bonchev–Trinajstić information content (AvgIpc) is 2.65. The topological polar surface area (TPSA) is 29.3 Å².